The number of rotatable bonds is 5. The number of carboxylic acid groups (broad SMARTS) is 1. The molecule has 1 aromatic rings. The number of anilines is 1. The number of hydrogen-bond donors (Lipinski definition) is 2. The van der Waals surface area contributed by atoms with Gasteiger partial charge < -0.3 is 15.7 Å². The van der Waals surface area contributed by atoms with Gasteiger partial charge in [0.25, 0.3) is 11.6 Å². The lowest BCUT2D eigenvalue weighted by Crippen LogP contribution is -2.34. The zero-order valence-electron chi connectivity index (χ0n) is 11.4. The number of nitrogens with two attached hydrogens (primary N) is 1. The van der Waals surface area contributed by atoms with E-state index >= 15 is 0 Å². The van der Waals surface area contributed by atoms with Crippen molar-refractivity contribution in [2.45, 2.75) is 6.92 Å². The van der Waals surface area contributed by atoms with Gasteiger partial charge in [-0.2, -0.15) is 0 Å². The lowest BCUT2D eigenvalue weighted by molar-refractivity contribution is -0.384. The van der Waals surface area contributed by atoms with Gasteiger partial charge in [-0.25, -0.2) is 4.39 Å². The van der Waals surface area contributed by atoms with Gasteiger partial charge in [-0.05, 0) is 6.07 Å². The van der Waals surface area contributed by atoms with Gasteiger partial charge in [0.05, 0.1) is 22.5 Å². The van der Waals surface area contributed by atoms with Crippen LogP contribution < -0.4 is 5.73 Å². The molecule has 0 saturated carbocycles. The van der Waals surface area contributed by atoms with Crippen LogP contribution in [0.3, 0.4) is 0 Å². The van der Waals surface area contributed by atoms with Gasteiger partial charge >= 0.3 is 5.97 Å². The summed E-state index contributed by atoms with van der Waals surface area (Å²) in [7, 11) is 1.30. The number of nitrogens with zero attached hydrogens (tertiary/aromatic N) is 2. The van der Waals surface area contributed by atoms with Gasteiger partial charge in [0.2, 0.25) is 0 Å². The van der Waals surface area contributed by atoms with Crippen LogP contribution in [0.15, 0.2) is 12.1 Å². The van der Waals surface area contributed by atoms with Crippen LogP contribution in [-0.2, 0) is 4.79 Å². The SMILES string of the molecule is CC(CN(C)C(=O)c1cc(F)cc([N+](=O)[O-])c1N)C(=O)O. The molecule has 9 heteroatoms. The maximum atomic E-state index is 13.4. The van der Waals surface area contributed by atoms with Crippen molar-refractivity contribution >= 4 is 23.3 Å². The summed E-state index contributed by atoms with van der Waals surface area (Å²) >= 11 is 0. The standard InChI is InChI=1S/C12H14FN3O5/c1-6(12(18)19)5-15(2)11(17)8-3-7(13)4-9(10(8)14)16(20)21/h3-4,6H,5,14H2,1-2H3,(H,18,19). The molecule has 0 heterocycles. The molecule has 1 aromatic carbocycles. The van der Waals surface area contributed by atoms with Gasteiger partial charge in [0.1, 0.15) is 11.5 Å². The van der Waals surface area contributed by atoms with Gasteiger partial charge in [0, 0.05) is 13.6 Å². The fourth-order valence-corrected chi connectivity index (χ4v) is 1.71. The first kappa shape index (κ1) is 16.3. The number of aliphatic carboxylic acids is 1. The normalized spacial score (nSPS) is 11.8. The summed E-state index contributed by atoms with van der Waals surface area (Å²) in [5.74, 6) is -3.71. The number of nitro groups is 1. The van der Waals surface area contributed by atoms with Crippen molar-refractivity contribution in [3.63, 3.8) is 0 Å². The van der Waals surface area contributed by atoms with Gasteiger partial charge in [-0.15, -0.1) is 0 Å². The van der Waals surface area contributed by atoms with E-state index in [9.17, 15) is 24.1 Å². The maximum Gasteiger partial charge on any atom is 0.308 e. The quantitative estimate of drug-likeness (QED) is 0.476. The van der Waals surface area contributed by atoms with Crippen LogP contribution in [0.1, 0.15) is 17.3 Å². The lowest BCUT2D eigenvalue weighted by atomic mass is 10.1. The van der Waals surface area contributed by atoms with E-state index in [1.165, 1.54) is 14.0 Å². The Morgan fingerprint density at radius 3 is 2.57 bits per heavy atom. The molecule has 1 amide bonds. The number of nitrogen functional groups attached to an aromatic ring is 1. The van der Waals surface area contributed by atoms with E-state index in [-0.39, 0.29) is 12.1 Å². The molecule has 0 saturated heterocycles. The first-order chi connectivity index (χ1) is 9.65. The monoisotopic (exact) mass is 299 g/mol. The van der Waals surface area contributed by atoms with Crippen LogP contribution in [0.2, 0.25) is 0 Å². The largest absolute Gasteiger partial charge is 0.481 e. The number of carboxylic acids is 1. The number of carbonyl (C=O) groups is 2. The lowest BCUT2D eigenvalue weighted by Gasteiger charge is -2.20. The van der Waals surface area contributed by atoms with Crippen molar-refractivity contribution in [1.29, 1.82) is 0 Å². The predicted octanol–water partition coefficient (Wildman–Crippen LogP) is 1.11. The van der Waals surface area contributed by atoms with Crippen LogP contribution in [0.4, 0.5) is 15.8 Å². The van der Waals surface area contributed by atoms with Crippen LogP contribution in [0.25, 0.3) is 0 Å². The van der Waals surface area contributed by atoms with E-state index in [2.05, 4.69) is 0 Å². The fraction of sp³-hybridized carbons (Fsp3) is 0.333. The molecule has 0 aliphatic heterocycles. The molecule has 3 N–H and O–H groups in total. The van der Waals surface area contributed by atoms with Crippen molar-refractivity contribution in [2.24, 2.45) is 5.92 Å². The average Bonchev–Trinajstić information content (AvgIpc) is 2.39. The maximum absolute atomic E-state index is 13.4. The van der Waals surface area contributed by atoms with Gasteiger partial charge in [-0.1, -0.05) is 6.92 Å². The van der Waals surface area contributed by atoms with E-state index in [1.54, 1.807) is 0 Å². The first-order valence-electron chi connectivity index (χ1n) is 5.86. The molecule has 114 valence electrons. The van der Waals surface area contributed by atoms with Crippen LogP contribution in [0, 0.1) is 21.8 Å². The average molecular weight is 299 g/mol. The molecular weight excluding hydrogens is 285 g/mol. The topological polar surface area (TPSA) is 127 Å². The van der Waals surface area contributed by atoms with E-state index in [4.69, 9.17) is 10.8 Å². The Labute approximate surface area is 119 Å². The van der Waals surface area contributed by atoms with E-state index in [1.807, 2.05) is 0 Å². The highest BCUT2D eigenvalue weighted by Crippen LogP contribution is 2.27. The van der Waals surface area contributed by atoms with Crippen LogP contribution in [-0.4, -0.2) is 40.4 Å². The van der Waals surface area contributed by atoms with E-state index < -0.39 is 39.9 Å². The molecule has 0 fully saturated rings. The molecule has 0 aliphatic rings. The van der Waals surface area contributed by atoms with Crippen LogP contribution >= 0.6 is 0 Å². The summed E-state index contributed by atoms with van der Waals surface area (Å²) in [5, 5.41) is 19.5. The minimum atomic E-state index is -1.10. The Hall–Kier alpha value is -2.71. The van der Waals surface area contributed by atoms with E-state index in [0.717, 1.165) is 11.0 Å². The summed E-state index contributed by atoms with van der Waals surface area (Å²) in [5.41, 5.74) is 3.97. The number of amides is 1. The number of carbonyl (C=O) groups excluding carboxylic acids is 1. The number of nitro benzene ring substituents is 1. The number of benzene rings is 1. The Morgan fingerprint density at radius 2 is 2.10 bits per heavy atom. The Bertz CT molecular complexity index is 605. The van der Waals surface area contributed by atoms with Crippen molar-refractivity contribution in [3.05, 3.63) is 33.6 Å². The third-order valence-electron chi connectivity index (χ3n) is 2.87. The Kier molecular flexibility index (Phi) is 4.79. The predicted molar refractivity (Wildman–Crippen MR) is 71.2 cm³/mol. The molecule has 0 radical (unpaired) electrons. The second-order valence-corrected chi connectivity index (χ2v) is 4.57. The molecule has 1 atom stereocenters. The molecular formula is C12H14FN3O5. The second-order valence-electron chi connectivity index (χ2n) is 4.57. The van der Waals surface area contributed by atoms with E-state index in [0.29, 0.717) is 6.07 Å². The third kappa shape index (κ3) is 3.65. The first-order valence-corrected chi connectivity index (χ1v) is 5.86. The van der Waals surface area contributed by atoms with Gasteiger partial charge in [-0.3, -0.25) is 19.7 Å². The molecule has 1 unspecified atom stereocenters. The summed E-state index contributed by atoms with van der Waals surface area (Å²) < 4.78 is 13.4. The molecule has 21 heavy (non-hydrogen) atoms. The summed E-state index contributed by atoms with van der Waals surface area (Å²) in [6, 6.07) is 1.40. The minimum Gasteiger partial charge on any atom is -0.481 e. The minimum absolute atomic E-state index is 0.141. The molecule has 8 nitrogen and oxygen atoms in total. The smallest absolute Gasteiger partial charge is 0.308 e. The highest BCUT2D eigenvalue weighted by molar-refractivity contribution is 6.01. The number of halogens is 1. The molecule has 0 aromatic heterocycles. The molecule has 1 rings (SSSR count). The highest BCUT2D eigenvalue weighted by Gasteiger charge is 2.25. The highest BCUT2D eigenvalue weighted by atomic mass is 19.1. The summed E-state index contributed by atoms with van der Waals surface area (Å²) in [4.78, 5) is 33.7. The fourth-order valence-electron chi connectivity index (χ4n) is 1.71. The Balaban J connectivity index is 3.13. The third-order valence-corrected chi connectivity index (χ3v) is 2.87. The van der Waals surface area contributed by atoms with Crippen molar-refractivity contribution in [1.82, 2.24) is 4.90 Å². The molecule has 0 spiro atoms. The zero-order chi connectivity index (χ0) is 16.3. The molecule has 0 bridgehead atoms. The molecule has 0 aliphatic carbocycles. The number of hydrogen-bond acceptors (Lipinski definition) is 5. The van der Waals surface area contributed by atoms with Gasteiger partial charge in [0.15, 0.2) is 0 Å². The van der Waals surface area contributed by atoms with Crippen molar-refractivity contribution in [3.8, 4) is 0 Å². The van der Waals surface area contributed by atoms with Crippen molar-refractivity contribution < 1.29 is 24.0 Å². The summed E-state index contributed by atoms with van der Waals surface area (Å²) in [6.45, 7) is 1.25. The Morgan fingerprint density at radius 1 is 1.52 bits per heavy atom. The van der Waals surface area contributed by atoms with Crippen LogP contribution in [0.5, 0.6) is 0 Å². The van der Waals surface area contributed by atoms with Crippen molar-refractivity contribution in [2.75, 3.05) is 19.3 Å². The second kappa shape index (κ2) is 6.16. The zero-order valence-corrected chi connectivity index (χ0v) is 11.4. The summed E-state index contributed by atoms with van der Waals surface area (Å²) in [6.07, 6.45) is 0.